The van der Waals surface area contributed by atoms with Crippen LogP contribution in [0.25, 0.3) is 5.65 Å². The van der Waals surface area contributed by atoms with Crippen LogP contribution in [0, 0.1) is 27.7 Å². The van der Waals surface area contributed by atoms with Crippen molar-refractivity contribution in [2.45, 2.75) is 27.7 Å². The summed E-state index contributed by atoms with van der Waals surface area (Å²) in [7, 11) is 0. The molecule has 21 heavy (non-hydrogen) atoms. The molecule has 0 radical (unpaired) electrons. The van der Waals surface area contributed by atoms with E-state index in [0.717, 1.165) is 34.0 Å². The van der Waals surface area contributed by atoms with Crippen molar-refractivity contribution < 1.29 is 0 Å². The van der Waals surface area contributed by atoms with E-state index in [4.69, 9.17) is 0 Å². The lowest BCUT2D eigenvalue weighted by molar-refractivity contribution is 1.08. The van der Waals surface area contributed by atoms with Crippen LogP contribution in [0.2, 0.25) is 0 Å². The van der Waals surface area contributed by atoms with Crippen LogP contribution >= 0.6 is 0 Å². The van der Waals surface area contributed by atoms with Crippen LogP contribution in [-0.2, 0) is 0 Å². The monoisotopic (exact) mass is 278 g/mol. The standard InChI is InChI=1S/C17H18N4/c1-11-9-12(2)16(13(3)10-11)19-20-17-14(4)18-15-7-5-6-8-21(15)17/h5-10H,1-4H3. The van der Waals surface area contributed by atoms with Gasteiger partial charge in [-0.3, -0.25) is 4.40 Å². The minimum absolute atomic E-state index is 0.782. The lowest BCUT2D eigenvalue weighted by Crippen LogP contribution is -1.84. The van der Waals surface area contributed by atoms with Crippen molar-refractivity contribution in [1.82, 2.24) is 9.38 Å². The molecular formula is C17H18N4. The Morgan fingerprint density at radius 1 is 0.952 bits per heavy atom. The summed E-state index contributed by atoms with van der Waals surface area (Å²) >= 11 is 0. The largest absolute Gasteiger partial charge is 0.283 e. The van der Waals surface area contributed by atoms with Crippen LogP contribution in [0.3, 0.4) is 0 Å². The summed E-state index contributed by atoms with van der Waals surface area (Å²) in [6.45, 7) is 8.18. The molecule has 0 bridgehead atoms. The maximum Gasteiger partial charge on any atom is 0.182 e. The third-order valence-electron chi connectivity index (χ3n) is 3.55. The van der Waals surface area contributed by atoms with Crippen molar-refractivity contribution in [2.75, 3.05) is 0 Å². The Labute approximate surface area is 124 Å². The Hall–Kier alpha value is -2.49. The number of fused-ring (bicyclic) bond motifs is 1. The first-order valence-electron chi connectivity index (χ1n) is 6.99. The Morgan fingerprint density at radius 2 is 1.67 bits per heavy atom. The molecule has 4 nitrogen and oxygen atoms in total. The molecule has 0 aliphatic carbocycles. The zero-order valence-corrected chi connectivity index (χ0v) is 12.8. The Bertz CT molecular complexity index is 820. The minimum Gasteiger partial charge on any atom is -0.283 e. The van der Waals surface area contributed by atoms with Crippen LogP contribution < -0.4 is 0 Å². The van der Waals surface area contributed by atoms with E-state index < -0.39 is 0 Å². The van der Waals surface area contributed by atoms with Gasteiger partial charge >= 0.3 is 0 Å². The van der Waals surface area contributed by atoms with E-state index in [9.17, 15) is 0 Å². The summed E-state index contributed by atoms with van der Waals surface area (Å²) in [6.07, 6.45) is 1.96. The van der Waals surface area contributed by atoms with Gasteiger partial charge in [-0.15, -0.1) is 10.2 Å². The number of benzene rings is 1. The molecule has 0 aliphatic rings. The zero-order chi connectivity index (χ0) is 15.0. The van der Waals surface area contributed by atoms with Crippen molar-refractivity contribution in [3.8, 4) is 0 Å². The predicted octanol–water partition coefficient (Wildman–Crippen LogP) is 4.98. The number of aromatic nitrogens is 2. The van der Waals surface area contributed by atoms with Crippen LogP contribution in [0.1, 0.15) is 22.4 Å². The number of rotatable bonds is 2. The summed E-state index contributed by atoms with van der Waals surface area (Å²) in [5.74, 6) is 0.782. The first-order chi connectivity index (χ1) is 10.1. The first-order valence-corrected chi connectivity index (χ1v) is 6.99. The van der Waals surface area contributed by atoms with Crippen molar-refractivity contribution in [1.29, 1.82) is 0 Å². The van der Waals surface area contributed by atoms with Gasteiger partial charge in [-0.1, -0.05) is 23.8 Å². The highest BCUT2D eigenvalue weighted by Gasteiger charge is 2.08. The van der Waals surface area contributed by atoms with Gasteiger partial charge in [0, 0.05) is 6.20 Å². The van der Waals surface area contributed by atoms with E-state index in [2.05, 4.69) is 48.1 Å². The van der Waals surface area contributed by atoms with Gasteiger partial charge in [0.25, 0.3) is 0 Å². The van der Waals surface area contributed by atoms with Gasteiger partial charge in [0.15, 0.2) is 5.82 Å². The molecule has 3 aromatic rings. The van der Waals surface area contributed by atoms with E-state index in [1.165, 1.54) is 5.56 Å². The van der Waals surface area contributed by atoms with Gasteiger partial charge in [0.05, 0.1) is 11.4 Å². The fourth-order valence-corrected chi connectivity index (χ4v) is 2.65. The van der Waals surface area contributed by atoms with E-state index >= 15 is 0 Å². The lowest BCUT2D eigenvalue weighted by atomic mass is 10.1. The van der Waals surface area contributed by atoms with Gasteiger partial charge in [0.2, 0.25) is 0 Å². The van der Waals surface area contributed by atoms with Crippen molar-refractivity contribution in [3.05, 3.63) is 58.9 Å². The molecule has 0 unspecified atom stereocenters. The molecule has 0 atom stereocenters. The Morgan fingerprint density at radius 3 is 2.38 bits per heavy atom. The molecule has 0 saturated heterocycles. The highest BCUT2D eigenvalue weighted by atomic mass is 15.2. The van der Waals surface area contributed by atoms with Gasteiger partial charge in [-0.25, -0.2) is 4.98 Å². The fraction of sp³-hybridized carbons (Fsp3) is 0.235. The predicted molar refractivity (Wildman–Crippen MR) is 84.8 cm³/mol. The number of hydrogen-bond donors (Lipinski definition) is 0. The van der Waals surface area contributed by atoms with Crippen molar-refractivity contribution in [3.63, 3.8) is 0 Å². The fourth-order valence-electron chi connectivity index (χ4n) is 2.65. The number of nitrogens with zero attached hydrogens (tertiary/aromatic N) is 4. The van der Waals surface area contributed by atoms with E-state index in [1.807, 2.05) is 35.7 Å². The summed E-state index contributed by atoms with van der Waals surface area (Å²) in [6, 6.07) is 10.2. The number of hydrogen-bond acceptors (Lipinski definition) is 3. The van der Waals surface area contributed by atoms with E-state index in [0.29, 0.717) is 0 Å². The topological polar surface area (TPSA) is 42.0 Å². The number of pyridine rings is 1. The summed E-state index contributed by atoms with van der Waals surface area (Å²) in [5, 5.41) is 8.90. The summed E-state index contributed by atoms with van der Waals surface area (Å²) in [4.78, 5) is 4.49. The Balaban J connectivity index is 2.08. The molecule has 0 N–H and O–H groups in total. The highest BCUT2D eigenvalue weighted by molar-refractivity contribution is 5.55. The van der Waals surface area contributed by atoms with Crippen molar-refractivity contribution >= 4 is 17.2 Å². The molecule has 3 rings (SSSR count). The molecule has 0 fully saturated rings. The molecule has 4 heteroatoms. The van der Waals surface area contributed by atoms with Crippen LogP contribution in [0.15, 0.2) is 46.8 Å². The average molecular weight is 278 g/mol. The lowest BCUT2D eigenvalue weighted by Gasteiger charge is -2.05. The second kappa shape index (κ2) is 5.13. The van der Waals surface area contributed by atoms with Gasteiger partial charge in [-0.2, -0.15) is 0 Å². The number of imidazole rings is 1. The minimum atomic E-state index is 0.782. The molecule has 0 aliphatic heterocycles. The normalized spacial score (nSPS) is 11.6. The van der Waals surface area contributed by atoms with Gasteiger partial charge in [0.1, 0.15) is 5.65 Å². The zero-order valence-electron chi connectivity index (χ0n) is 12.8. The molecular weight excluding hydrogens is 260 g/mol. The summed E-state index contributed by atoms with van der Waals surface area (Å²) < 4.78 is 1.96. The van der Waals surface area contributed by atoms with Crippen LogP contribution in [0.4, 0.5) is 11.5 Å². The molecule has 2 aromatic heterocycles. The van der Waals surface area contributed by atoms with Gasteiger partial charge < -0.3 is 0 Å². The van der Waals surface area contributed by atoms with Gasteiger partial charge in [-0.05, 0) is 51.0 Å². The number of azo groups is 1. The highest BCUT2D eigenvalue weighted by Crippen LogP contribution is 2.28. The molecule has 2 heterocycles. The maximum absolute atomic E-state index is 4.49. The maximum atomic E-state index is 4.49. The van der Waals surface area contributed by atoms with E-state index in [1.54, 1.807) is 0 Å². The second-order valence-corrected chi connectivity index (χ2v) is 5.40. The molecule has 0 amide bonds. The SMILES string of the molecule is Cc1cc(C)c(N=Nc2c(C)nc3ccccn23)c(C)c1. The third kappa shape index (κ3) is 2.44. The summed E-state index contributed by atoms with van der Waals surface area (Å²) in [5.41, 5.74) is 6.24. The third-order valence-corrected chi connectivity index (χ3v) is 3.55. The quantitative estimate of drug-likeness (QED) is 0.609. The average Bonchev–Trinajstić information content (AvgIpc) is 2.73. The smallest absolute Gasteiger partial charge is 0.182 e. The second-order valence-electron chi connectivity index (χ2n) is 5.40. The molecule has 106 valence electrons. The molecule has 0 spiro atoms. The van der Waals surface area contributed by atoms with Crippen LogP contribution in [-0.4, -0.2) is 9.38 Å². The molecule has 1 aromatic carbocycles. The Kier molecular flexibility index (Phi) is 3.29. The first kappa shape index (κ1) is 13.5. The number of aryl methyl sites for hydroxylation is 4. The van der Waals surface area contributed by atoms with Crippen LogP contribution in [0.5, 0.6) is 0 Å². The van der Waals surface area contributed by atoms with Crippen molar-refractivity contribution in [2.24, 2.45) is 10.2 Å². The molecule has 0 saturated carbocycles. The van der Waals surface area contributed by atoms with E-state index in [-0.39, 0.29) is 0 Å².